The number of nitrogens with one attached hydrogen (secondary N) is 1. The molecule has 0 fully saturated rings. The molecule has 22 heavy (non-hydrogen) atoms. The number of benzene rings is 1. The van der Waals surface area contributed by atoms with E-state index in [1.165, 1.54) is 30.6 Å². The van der Waals surface area contributed by atoms with Crippen LogP contribution < -0.4 is 11.3 Å². The maximum atomic E-state index is 13.1. The molecule has 1 aromatic heterocycles. The predicted octanol–water partition coefficient (Wildman–Crippen LogP) is 3.12. The van der Waals surface area contributed by atoms with E-state index in [2.05, 4.69) is 9.97 Å². The first kappa shape index (κ1) is 15.8. The highest BCUT2D eigenvalue weighted by atomic mass is 19.4. The van der Waals surface area contributed by atoms with Gasteiger partial charge in [0, 0.05) is 5.56 Å². The van der Waals surface area contributed by atoms with Gasteiger partial charge >= 0.3 is 6.18 Å². The van der Waals surface area contributed by atoms with Crippen molar-refractivity contribution in [2.24, 2.45) is 5.73 Å². The first-order chi connectivity index (χ1) is 10.3. The number of alkyl halides is 3. The Balaban J connectivity index is 2.63. The number of aromatic amines is 1. The van der Waals surface area contributed by atoms with Gasteiger partial charge in [0.15, 0.2) is 0 Å². The Morgan fingerprint density at radius 2 is 2.14 bits per heavy atom. The highest BCUT2D eigenvalue weighted by molar-refractivity contribution is 5.83. The van der Waals surface area contributed by atoms with Gasteiger partial charge in [-0.2, -0.15) is 13.2 Å². The van der Waals surface area contributed by atoms with E-state index in [1.54, 1.807) is 6.92 Å². The number of hydrogen-bond donors (Lipinski definition) is 2. The fourth-order valence-corrected chi connectivity index (χ4v) is 1.96. The molecular weight excluding hydrogens is 295 g/mol. The highest BCUT2D eigenvalue weighted by Gasteiger charge is 2.34. The Hall–Kier alpha value is -2.57. The Morgan fingerprint density at radius 1 is 1.41 bits per heavy atom. The summed E-state index contributed by atoms with van der Waals surface area (Å²) in [5.74, 6) is 0. The first-order valence-electron chi connectivity index (χ1n) is 6.56. The Kier molecular flexibility index (Phi) is 4.35. The summed E-state index contributed by atoms with van der Waals surface area (Å²) in [5, 5.41) is 0.289. The van der Waals surface area contributed by atoms with Crippen molar-refractivity contribution in [3.05, 3.63) is 58.2 Å². The number of fused-ring (bicyclic) bond motifs is 1. The molecule has 0 unspecified atom stereocenters. The third kappa shape index (κ3) is 3.19. The highest BCUT2D eigenvalue weighted by Crippen LogP contribution is 2.31. The lowest BCUT2D eigenvalue weighted by Gasteiger charge is -2.12. The molecule has 0 saturated heterocycles. The van der Waals surface area contributed by atoms with E-state index in [9.17, 15) is 18.0 Å². The van der Waals surface area contributed by atoms with Crippen molar-refractivity contribution in [1.82, 2.24) is 9.97 Å². The summed E-state index contributed by atoms with van der Waals surface area (Å²) >= 11 is 0. The third-order valence-corrected chi connectivity index (χ3v) is 3.07. The van der Waals surface area contributed by atoms with Gasteiger partial charge in [0.1, 0.15) is 0 Å². The van der Waals surface area contributed by atoms with Gasteiger partial charge in [0.05, 0.1) is 28.5 Å². The van der Waals surface area contributed by atoms with E-state index in [-0.39, 0.29) is 22.0 Å². The summed E-state index contributed by atoms with van der Waals surface area (Å²) in [6, 6.07) is 4.15. The average molecular weight is 309 g/mol. The summed E-state index contributed by atoms with van der Waals surface area (Å²) in [5.41, 5.74) is 4.46. The van der Waals surface area contributed by atoms with Gasteiger partial charge in [-0.3, -0.25) is 4.79 Å². The summed E-state index contributed by atoms with van der Waals surface area (Å²) < 4.78 is 39.3. The fourth-order valence-electron chi connectivity index (χ4n) is 1.96. The van der Waals surface area contributed by atoms with Crippen LogP contribution in [0.15, 0.2) is 47.0 Å². The smallest absolute Gasteiger partial charge is 0.398 e. The molecule has 3 N–H and O–H groups in total. The number of hydrogen-bond acceptors (Lipinski definition) is 3. The molecule has 1 heterocycles. The average Bonchev–Trinajstić information content (AvgIpc) is 2.46. The molecule has 2 rings (SSSR count). The standard InChI is InChI=1S/C15H14F3N3O/c1-2-3-4-11(15(16,17)18)13(19)9-5-6-10-12(7-9)20-8-21-14(10)22/h3-8H,2,19H2,1H3,(H,20,21,22)/b4-3-,13-11+. The zero-order valence-corrected chi connectivity index (χ0v) is 11.7. The lowest BCUT2D eigenvalue weighted by Crippen LogP contribution is -2.16. The van der Waals surface area contributed by atoms with E-state index in [4.69, 9.17) is 5.73 Å². The lowest BCUT2D eigenvalue weighted by atomic mass is 10.0. The Labute approximate surface area is 124 Å². The van der Waals surface area contributed by atoms with Gasteiger partial charge in [-0.1, -0.05) is 25.1 Å². The minimum absolute atomic E-state index is 0.165. The maximum Gasteiger partial charge on any atom is 0.418 e. The van der Waals surface area contributed by atoms with Crippen molar-refractivity contribution < 1.29 is 13.2 Å². The van der Waals surface area contributed by atoms with Crippen molar-refractivity contribution >= 4 is 16.6 Å². The van der Waals surface area contributed by atoms with E-state index >= 15 is 0 Å². The van der Waals surface area contributed by atoms with Crippen LogP contribution in [0.3, 0.4) is 0 Å². The Morgan fingerprint density at radius 3 is 2.77 bits per heavy atom. The molecule has 4 nitrogen and oxygen atoms in total. The number of allylic oxidation sites excluding steroid dienone is 3. The lowest BCUT2D eigenvalue weighted by molar-refractivity contribution is -0.0877. The number of halogens is 3. The van der Waals surface area contributed by atoms with Crippen molar-refractivity contribution in [2.45, 2.75) is 19.5 Å². The minimum atomic E-state index is -4.56. The molecular formula is C15H14F3N3O. The van der Waals surface area contributed by atoms with E-state index < -0.39 is 17.4 Å². The van der Waals surface area contributed by atoms with Crippen molar-refractivity contribution in [1.29, 1.82) is 0 Å². The number of H-pyrrole nitrogens is 1. The fraction of sp³-hybridized carbons (Fsp3) is 0.200. The van der Waals surface area contributed by atoms with Crippen molar-refractivity contribution in [2.75, 3.05) is 0 Å². The quantitative estimate of drug-likeness (QED) is 0.856. The predicted molar refractivity (Wildman–Crippen MR) is 79.0 cm³/mol. The van der Waals surface area contributed by atoms with Crippen LogP contribution >= 0.6 is 0 Å². The maximum absolute atomic E-state index is 13.1. The van der Waals surface area contributed by atoms with Gasteiger partial charge in [-0.15, -0.1) is 0 Å². The van der Waals surface area contributed by atoms with Crippen LogP contribution in [0.2, 0.25) is 0 Å². The molecule has 1 aromatic carbocycles. The molecule has 0 aliphatic carbocycles. The van der Waals surface area contributed by atoms with Gasteiger partial charge in [-0.05, 0) is 18.6 Å². The summed E-state index contributed by atoms with van der Waals surface area (Å²) in [4.78, 5) is 17.9. The number of aromatic nitrogens is 2. The summed E-state index contributed by atoms with van der Waals surface area (Å²) in [6.45, 7) is 1.73. The SMILES string of the molecule is CC/C=C\C(=C(/N)c1ccc2c(=O)[nH]cnc2c1)C(F)(F)F. The Bertz CT molecular complexity index is 804. The molecule has 0 bridgehead atoms. The minimum Gasteiger partial charge on any atom is -0.398 e. The van der Waals surface area contributed by atoms with Crippen molar-refractivity contribution in [3.63, 3.8) is 0 Å². The number of nitrogens with two attached hydrogens (primary N) is 1. The summed E-state index contributed by atoms with van der Waals surface area (Å²) in [6.07, 6.45) is -0.561. The summed E-state index contributed by atoms with van der Waals surface area (Å²) in [7, 11) is 0. The number of nitrogens with zero attached hydrogens (tertiary/aromatic N) is 1. The molecule has 0 radical (unpaired) electrons. The third-order valence-electron chi connectivity index (χ3n) is 3.07. The van der Waals surface area contributed by atoms with Crippen molar-refractivity contribution in [3.8, 4) is 0 Å². The zero-order valence-electron chi connectivity index (χ0n) is 11.7. The van der Waals surface area contributed by atoms with Crippen LogP contribution in [-0.2, 0) is 0 Å². The van der Waals surface area contributed by atoms with E-state index in [0.29, 0.717) is 6.42 Å². The van der Waals surface area contributed by atoms with Crippen LogP contribution in [0.4, 0.5) is 13.2 Å². The number of rotatable bonds is 3. The molecule has 0 aliphatic heterocycles. The van der Waals surface area contributed by atoms with Gasteiger partial charge in [0.2, 0.25) is 0 Å². The first-order valence-corrected chi connectivity index (χ1v) is 6.56. The monoisotopic (exact) mass is 309 g/mol. The van der Waals surface area contributed by atoms with Crippen LogP contribution in [-0.4, -0.2) is 16.1 Å². The van der Waals surface area contributed by atoms with E-state index in [0.717, 1.165) is 6.08 Å². The molecule has 2 aromatic rings. The second-order valence-corrected chi connectivity index (χ2v) is 4.60. The molecule has 0 spiro atoms. The zero-order chi connectivity index (χ0) is 16.3. The van der Waals surface area contributed by atoms with Crippen LogP contribution in [0.25, 0.3) is 16.6 Å². The largest absolute Gasteiger partial charge is 0.418 e. The molecule has 7 heteroatoms. The second kappa shape index (κ2) is 6.05. The second-order valence-electron chi connectivity index (χ2n) is 4.60. The molecule has 0 amide bonds. The van der Waals surface area contributed by atoms with Gasteiger partial charge in [-0.25, -0.2) is 4.98 Å². The van der Waals surface area contributed by atoms with Gasteiger partial charge in [0.25, 0.3) is 5.56 Å². The normalized spacial score (nSPS) is 13.6. The van der Waals surface area contributed by atoms with Gasteiger partial charge < -0.3 is 10.7 Å². The topological polar surface area (TPSA) is 71.8 Å². The molecule has 0 saturated carbocycles. The molecule has 0 atom stereocenters. The van der Waals surface area contributed by atoms with Crippen LogP contribution in [0.5, 0.6) is 0 Å². The van der Waals surface area contributed by atoms with Crippen LogP contribution in [0, 0.1) is 0 Å². The van der Waals surface area contributed by atoms with Crippen LogP contribution in [0.1, 0.15) is 18.9 Å². The van der Waals surface area contributed by atoms with E-state index in [1.807, 2.05) is 0 Å². The molecule has 0 aliphatic rings. The molecule has 116 valence electrons.